The Morgan fingerprint density at radius 3 is 2.59 bits per heavy atom. The van der Waals surface area contributed by atoms with Crippen LogP contribution in [0.1, 0.15) is 37.1 Å². The lowest BCUT2D eigenvalue weighted by Gasteiger charge is -2.39. The predicted octanol–water partition coefficient (Wildman–Crippen LogP) is 2.77. The van der Waals surface area contributed by atoms with Gasteiger partial charge in [0.25, 0.3) is 0 Å². The van der Waals surface area contributed by atoms with Crippen LogP contribution >= 0.6 is 0 Å². The first kappa shape index (κ1) is 22.9. The van der Waals surface area contributed by atoms with Gasteiger partial charge < -0.3 is 4.74 Å². The maximum atomic E-state index is 15.1. The van der Waals surface area contributed by atoms with E-state index in [1.54, 1.807) is 37.0 Å². The molecule has 0 aliphatic carbocycles. The summed E-state index contributed by atoms with van der Waals surface area (Å²) < 4.78 is 38.8. The quantitative estimate of drug-likeness (QED) is 0.504. The van der Waals surface area contributed by atoms with Gasteiger partial charge in [-0.3, -0.25) is 9.58 Å². The SMILES string of the molecule is Cc1nn(C[C@H](F)CN2C3CCC2CC(OCc2cccc(F)c2)C3)c(=O)n1-c1ccn(C)n1. The maximum Gasteiger partial charge on any atom is 0.351 e. The lowest BCUT2D eigenvalue weighted by molar-refractivity contribution is -0.0343. The minimum Gasteiger partial charge on any atom is -0.373 e. The fourth-order valence-corrected chi connectivity index (χ4v) is 5.39. The smallest absolute Gasteiger partial charge is 0.351 e. The van der Waals surface area contributed by atoms with Gasteiger partial charge in [-0.2, -0.15) is 10.2 Å². The molecule has 0 radical (unpaired) electrons. The van der Waals surface area contributed by atoms with E-state index >= 15 is 4.39 Å². The number of fused-ring (bicyclic) bond motifs is 2. The Kier molecular flexibility index (Phi) is 6.35. The molecule has 0 spiro atoms. The van der Waals surface area contributed by atoms with Crippen LogP contribution in [-0.2, 0) is 24.9 Å². The Labute approximate surface area is 196 Å². The molecule has 8 nitrogen and oxygen atoms in total. The van der Waals surface area contributed by atoms with Crippen molar-refractivity contribution in [3.8, 4) is 5.82 Å². The maximum absolute atomic E-state index is 15.1. The molecule has 2 saturated heterocycles. The standard InChI is InChI=1S/C24H30F2N6O2/c1-16-27-31(24(33)32(16)23-8-9-29(2)28-23)14-19(26)13-30-20-6-7-21(30)12-22(11-20)34-15-17-4-3-5-18(25)10-17/h3-5,8-10,19-22H,6-7,11-15H2,1-2H3/t19-,20?,21?,22?/m1/s1. The summed E-state index contributed by atoms with van der Waals surface area (Å²) in [5.74, 6) is 0.696. The van der Waals surface area contributed by atoms with Gasteiger partial charge in [0.05, 0.1) is 19.3 Å². The third-order valence-electron chi connectivity index (χ3n) is 6.93. The summed E-state index contributed by atoms with van der Waals surface area (Å²) in [7, 11) is 1.77. The van der Waals surface area contributed by atoms with Crippen molar-refractivity contribution in [2.75, 3.05) is 6.54 Å². The summed E-state index contributed by atoms with van der Waals surface area (Å²) in [5.41, 5.74) is 0.441. The highest BCUT2D eigenvalue weighted by Gasteiger charge is 2.42. The molecule has 0 N–H and O–H groups in total. The largest absolute Gasteiger partial charge is 0.373 e. The molecule has 2 bridgehead atoms. The molecule has 3 atom stereocenters. The molecule has 4 heterocycles. The van der Waals surface area contributed by atoms with Crippen LogP contribution in [0.3, 0.4) is 0 Å². The molecular weight excluding hydrogens is 442 g/mol. The Morgan fingerprint density at radius 1 is 1.15 bits per heavy atom. The summed E-state index contributed by atoms with van der Waals surface area (Å²) in [6.07, 6.45) is 4.34. The number of hydrogen-bond acceptors (Lipinski definition) is 5. The second kappa shape index (κ2) is 9.42. The summed E-state index contributed by atoms with van der Waals surface area (Å²) in [4.78, 5) is 15.1. The average molecular weight is 473 g/mol. The van der Waals surface area contributed by atoms with Gasteiger partial charge >= 0.3 is 5.69 Å². The molecule has 2 aliphatic rings. The number of hydrogen-bond donors (Lipinski definition) is 0. The first-order valence-electron chi connectivity index (χ1n) is 11.8. The fraction of sp³-hybridized carbons (Fsp3) is 0.542. The van der Waals surface area contributed by atoms with E-state index in [4.69, 9.17) is 4.74 Å². The highest BCUT2D eigenvalue weighted by atomic mass is 19.1. The van der Waals surface area contributed by atoms with Crippen molar-refractivity contribution in [3.63, 3.8) is 0 Å². The van der Waals surface area contributed by atoms with Crippen molar-refractivity contribution in [3.05, 3.63) is 64.2 Å². The molecule has 34 heavy (non-hydrogen) atoms. The molecule has 182 valence electrons. The van der Waals surface area contributed by atoms with Crippen molar-refractivity contribution in [2.24, 2.45) is 7.05 Å². The minimum atomic E-state index is -1.21. The van der Waals surface area contributed by atoms with Crippen LogP contribution in [0.4, 0.5) is 8.78 Å². The number of ether oxygens (including phenoxy) is 1. The molecule has 2 unspecified atom stereocenters. The van der Waals surface area contributed by atoms with Gasteiger partial charge in [0, 0.05) is 37.9 Å². The van der Waals surface area contributed by atoms with E-state index in [2.05, 4.69) is 15.1 Å². The van der Waals surface area contributed by atoms with Gasteiger partial charge in [-0.1, -0.05) is 12.1 Å². The van der Waals surface area contributed by atoms with Crippen LogP contribution in [0.5, 0.6) is 0 Å². The lowest BCUT2D eigenvalue weighted by Crippen LogP contribution is -2.48. The molecule has 2 aromatic heterocycles. The molecule has 2 aliphatic heterocycles. The van der Waals surface area contributed by atoms with Crippen LogP contribution in [-0.4, -0.2) is 59.9 Å². The summed E-state index contributed by atoms with van der Waals surface area (Å²) >= 11 is 0. The van der Waals surface area contributed by atoms with E-state index < -0.39 is 6.17 Å². The number of nitrogens with zero attached hydrogens (tertiary/aromatic N) is 6. The second-order valence-electron chi connectivity index (χ2n) is 9.41. The Bertz CT molecular complexity index is 1190. The monoisotopic (exact) mass is 472 g/mol. The van der Waals surface area contributed by atoms with Crippen molar-refractivity contribution in [1.29, 1.82) is 0 Å². The van der Waals surface area contributed by atoms with Crippen molar-refractivity contribution in [1.82, 2.24) is 29.0 Å². The third-order valence-corrected chi connectivity index (χ3v) is 6.93. The highest BCUT2D eigenvalue weighted by Crippen LogP contribution is 2.37. The first-order valence-corrected chi connectivity index (χ1v) is 11.8. The Morgan fingerprint density at radius 2 is 1.91 bits per heavy atom. The summed E-state index contributed by atoms with van der Waals surface area (Å²) in [6.45, 7) is 2.28. The zero-order valence-corrected chi connectivity index (χ0v) is 19.5. The van der Waals surface area contributed by atoms with Crippen LogP contribution < -0.4 is 5.69 Å². The molecular formula is C24H30F2N6O2. The summed E-state index contributed by atoms with van der Waals surface area (Å²) in [6, 6.07) is 8.72. The van der Waals surface area contributed by atoms with Crippen LogP contribution in [0.15, 0.2) is 41.3 Å². The number of aromatic nitrogens is 5. The van der Waals surface area contributed by atoms with Gasteiger partial charge in [-0.25, -0.2) is 22.8 Å². The molecule has 10 heteroatoms. The number of halogens is 2. The Hall–Kier alpha value is -2.85. The predicted molar refractivity (Wildman–Crippen MR) is 122 cm³/mol. The van der Waals surface area contributed by atoms with E-state index in [9.17, 15) is 9.18 Å². The van der Waals surface area contributed by atoms with E-state index in [-0.39, 0.29) is 42.8 Å². The van der Waals surface area contributed by atoms with Crippen LogP contribution in [0.2, 0.25) is 0 Å². The molecule has 0 saturated carbocycles. The van der Waals surface area contributed by atoms with Gasteiger partial charge in [-0.15, -0.1) is 0 Å². The topological polar surface area (TPSA) is 70.1 Å². The van der Waals surface area contributed by atoms with E-state index in [1.807, 2.05) is 6.07 Å². The molecule has 5 rings (SSSR count). The minimum absolute atomic E-state index is 0.0883. The van der Waals surface area contributed by atoms with E-state index in [0.29, 0.717) is 18.2 Å². The third kappa shape index (κ3) is 4.69. The number of aryl methyl sites for hydroxylation is 2. The van der Waals surface area contributed by atoms with Gasteiger partial charge in [0.1, 0.15) is 17.8 Å². The first-order chi connectivity index (χ1) is 16.4. The van der Waals surface area contributed by atoms with Gasteiger partial charge in [0.15, 0.2) is 5.82 Å². The van der Waals surface area contributed by atoms with Crippen LogP contribution in [0.25, 0.3) is 5.82 Å². The fourth-order valence-electron chi connectivity index (χ4n) is 5.39. The zero-order valence-electron chi connectivity index (χ0n) is 19.5. The van der Waals surface area contributed by atoms with Gasteiger partial charge in [0.2, 0.25) is 0 Å². The number of piperidine rings is 1. The van der Waals surface area contributed by atoms with E-state index in [0.717, 1.165) is 31.2 Å². The highest BCUT2D eigenvalue weighted by molar-refractivity contribution is 5.21. The second-order valence-corrected chi connectivity index (χ2v) is 9.41. The number of alkyl halides is 1. The average Bonchev–Trinajstić information content (AvgIpc) is 3.39. The Balaban J connectivity index is 1.18. The van der Waals surface area contributed by atoms with Gasteiger partial charge in [-0.05, 0) is 50.3 Å². The molecule has 2 fully saturated rings. The summed E-state index contributed by atoms with van der Waals surface area (Å²) in [5, 5.41) is 8.52. The number of rotatable bonds is 8. The van der Waals surface area contributed by atoms with Crippen molar-refractivity contribution in [2.45, 2.75) is 70.1 Å². The molecule has 1 aromatic carbocycles. The van der Waals surface area contributed by atoms with Crippen molar-refractivity contribution < 1.29 is 13.5 Å². The normalized spacial score (nSPS) is 23.5. The zero-order chi connectivity index (χ0) is 23.8. The molecule has 3 aromatic rings. The molecule has 0 amide bonds. The van der Waals surface area contributed by atoms with E-state index in [1.165, 1.54) is 21.4 Å². The lowest BCUT2D eigenvalue weighted by atomic mass is 9.99. The number of benzene rings is 1. The van der Waals surface area contributed by atoms with Crippen molar-refractivity contribution >= 4 is 0 Å². The van der Waals surface area contributed by atoms with Crippen LogP contribution in [0, 0.1) is 12.7 Å².